The first-order chi connectivity index (χ1) is 11.2. The maximum Gasteiger partial charge on any atom is 0.255 e. The first kappa shape index (κ1) is 16.0. The molecule has 23 heavy (non-hydrogen) atoms. The van der Waals surface area contributed by atoms with Crippen LogP contribution in [0.15, 0.2) is 24.4 Å². The Balaban J connectivity index is 1.52. The van der Waals surface area contributed by atoms with Crippen molar-refractivity contribution in [2.45, 2.75) is 32.0 Å². The number of pyridine rings is 1. The van der Waals surface area contributed by atoms with Gasteiger partial charge in [-0.15, -0.1) is 10.2 Å². The number of ether oxygens (including phenoxy) is 2. The van der Waals surface area contributed by atoms with Gasteiger partial charge in [-0.25, -0.2) is 0 Å². The SMILES string of the molecule is C[C@@H](OC[C@@H]1CCCO1)C(=O)Nc1nnc(-c2ccccn2)s1. The second kappa shape index (κ2) is 7.58. The maximum atomic E-state index is 12.1. The average molecular weight is 334 g/mol. The van der Waals surface area contributed by atoms with E-state index in [0.29, 0.717) is 16.7 Å². The van der Waals surface area contributed by atoms with Crippen LogP contribution in [0.25, 0.3) is 10.7 Å². The molecule has 1 saturated heterocycles. The van der Waals surface area contributed by atoms with Crippen molar-refractivity contribution in [3.63, 3.8) is 0 Å². The monoisotopic (exact) mass is 334 g/mol. The van der Waals surface area contributed by atoms with Crippen LogP contribution in [-0.4, -0.2) is 46.5 Å². The number of aromatic nitrogens is 3. The highest BCUT2D eigenvalue weighted by atomic mass is 32.1. The smallest absolute Gasteiger partial charge is 0.255 e. The number of hydrogen-bond acceptors (Lipinski definition) is 7. The Labute approximate surface area is 138 Å². The summed E-state index contributed by atoms with van der Waals surface area (Å²) in [5.41, 5.74) is 0.730. The van der Waals surface area contributed by atoms with Crippen LogP contribution in [0.4, 0.5) is 5.13 Å². The minimum atomic E-state index is -0.568. The maximum absolute atomic E-state index is 12.1. The molecule has 0 aliphatic carbocycles. The van der Waals surface area contributed by atoms with Crippen molar-refractivity contribution in [1.82, 2.24) is 15.2 Å². The molecule has 0 aromatic carbocycles. The predicted molar refractivity (Wildman–Crippen MR) is 86.2 cm³/mol. The normalized spacial score (nSPS) is 18.7. The second-order valence-electron chi connectivity index (χ2n) is 5.23. The molecular formula is C15H18N4O3S. The van der Waals surface area contributed by atoms with Crippen molar-refractivity contribution in [3.8, 4) is 10.7 Å². The molecule has 0 saturated carbocycles. The molecule has 1 aliphatic rings. The van der Waals surface area contributed by atoms with Gasteiger partial charge in [0, 0.05) is 12.8 Å². The molecule has 1 N–H and O–H groups in total. The lowest BCUT2D eigenvalue weighted by Crippen LogP contribution is -2.30. The van der Waals surface area contributed by atoms with E-state index >= 15 is 0 Å². The van der Waals surface area contributed by atoms with Gasteiger partial charge in [0.15, 0.2) is 5.01 Å². The Morgan fingerprint density at radius 1 is 1.52 bits per heavy atom. The van der Waals surface area contributed by atoms with E-state index in [1.165, 1.54) is 11.3 Å². The highest BCUT2D eigenvalue weighted by molar-refractivity contribution is 7.18. The summed E-state index contributed by atoms with van der Waals surface area (Å²) in [5, 5.41) is 11.8. The van der Waals surface area contributed by atoms with E-state index in [-0.39, 0.29) is 12.0 Å². The molecule has 1 amide bonds. The van der Waals surface area contributed by atoms with Crippen molar-refractivity contribution in [2.24, 2.45) is 0 Å². The molecular weight excluding hydrogens is 316 g/mol. The number of amides is 1. The Kier molecular flexibility index (Phi) is 5.27. The first-order valence-corrected chi connectivity index (χ1v) is 8.33. The zero-order chi connectivity index (χ0) is 16.1. The van der Waals surface area contributed by atoms with Gasteiger partial charge in [-0.1, -0.05) is 17.4 Å². The highest BCUT2D eigenvalue weighted by Gasteiger charge is 2.21. The number of rotatable bonds is 6. The summed E-state index contributed by atoms with van der Waals surface area (Å²) in [4.78, 5) is 16.3. The third-order valence-corrected chi connectivity index (χ3v) is 4.33. The van der Waals surface area contributed by atoms with Crippen LogP contribution in [0.3, 0.4) is 0 Å². The largest absolute Gasteiger partial charge is 0.376 e. The van der Waals surface area contributed by atoms with Gasteiger partial charge in [0.2, 0.25) is 5.13 Å². The fraction of sp³-hybridized carbons (Fsp3) is 0.467. The highest BCUT2D eigenvalue weighted by Crippen LogP contribution is 2.24. The Morgan fingerprint density at radius 2 is 2.43 bits per heavy atom. The third kappa shape index (κ3) is 4.31. The van der Waals surface area contributed by atoms with Gasteiger partial charge in [-0.3, -0.25) is 15.1 Å². The van der Waals surface area contributed by atoms with E-state index in [4.69, 9.17) is 9.47 Å². The number of carbonyl (C=O) groups excluding carboxylic acids is 1. The molecule has 3 heterocycles. The molecule has 2 atom stereocenters. The van der Waals surface area contributed by atoms with Gasteiger partial charge in [0.1, 0.15) is 11.8 Å². The van der Waals surface area contributed by atoms with E-state index in [9.17, 15) is 4.79 Å². The first-order valence-electron chi connectivity index (χ1n) is 7.51. The zero-order valence-electron chi connectivity index (χ0n) is 12.8. The van der Waals surface area contributed by atoms with Crippen LogP contribution < -0.4 is 5.32 Å². The van der Waals surface area contributed by atoms with E-state index in [0.717, 1.165) is 25.1 Å². The number of nitrogens with zero attached hydrogens (tertiary/aromatic N) is 3. The van der Waals surface area contributed by atoms with Crippen molar-refractivity contribution in [3.05, 3.63) is 24.4 Å². The lowest BCUT2D eigenvalue weighted by molar-refractivity contribution is -0.128. The standard InChI is InChI=1S/C15H18N4O3S/c1-10(22-9-11-5-4-8-21-11)13(20)17-15-19-18-14(23-15)12-6-2-3-7-16-12/h2-3,6-7,10-11H,4-5,8-9H2,1H3,(H,17,19,20)/t10-,11+/m1/s1. The molecule has 0 radical (unpaired) electrons. The van der Waals surface area contributed by atoms with E-state index < -0.39 is 6.10 Å². The molecule has 3 rings (SSSR count). The Morgan fingerprint density at radius 3 is 3.17 bits per heavy atom. The molecule has 0 unspecified atom stereocenters. The number of hydrogen-bond donors (Lipinski definition) is 1. The van der Waals surface area contributed by atoms with Gasteiger partial charge >= 0.3 is 0 Å². The summed E-state index contributed by atoms with van der Waals surface area (Å²) < 4.78 is 11.0. The summed E-state index contributed by atoms with van der Waals surface area (Å²) in [6, 6.07) is 5.56. The van der Waals surface area contributed by atoms with Gasteiger partial charge < -0.3 is 9.47 Å². The Bertz CT molecular complexity index is 643. The molecule has 8 heteroatoms. The fourth-order valence-corrected chi connectivity index (χ4v) is 2.90. The van der Waals surface area contributed by atoms with Crippen molar-refractivity contribution < 1.29 is 14.3 Å². The van der Waals surface area contributed by atoms with Crippen LogP contribution >= 0.6 is 11.3 Å². The molecule has 122 valence electrons. The lowest BCUT2D eigenvalue weighted by Gasteiger charge is -2.15. The number of carbonyl (C=O) groups is 1. The molecule has 7 nitrogen and oxygen atoms in total. The van der Waals surface area contributed by atoms with E-state index in [2.05, 4.69) is 20.5 Å². The zero-order valence-corrected chi connectivity index (χ0v) is 13.6. The van der Waals surface area contributed by atoms with E-state index in [1.807, 2.05) is 18.2 Å². The van der Waals surface area contributed by atoms with Gasteiger partial charge in [0.05, 0.1) is 12.7 Å². The molecule has 1 aliphatic heterocycles. The molecule has 1 fully saturated rings. The average Bonchev–Trinajstić information content (AvgIpc) is 3.25. The molecule has 2 aromatic rings. The molecule has 2 aromatic heterocycles. The van der Waals surface area contributed by atoms with Crippen molar-refractivity contribution in [2.75, 3.05) is 18.5 Å². The van der Waals surface area contributed by atoms with Crippen LogP contribution in [0.5, 0.6) is 0 Å². The van der Waals surface area contributed by atoms with E-state index in [1.54, 1.807) is 13.1 Å². The van der Waals surface area contributed by atoms with Gasteiger partial charge in [0.25, 0.3) is 5.91 Å². The fourth-order valence-electron chi connectivity index (χ4n) is 2.18. The third-order valence-electron chi connectivity index (χ3n) is 3.46. The quantitative estimate of drug-likeness (QED) is 0.871. The summed E-state index contributed by atoms with van der Waals surface area (Å²) in [6.07, 6.45) is 3.26. The number of nitrogens with one attached hydrogen (secondary N) is 1. The van der Waals surface area contributed by atoms with Crippen LogP contribution in [0.2, 0.25) is 0 Å². The van der Waals surface area contributed by atoms with Crippen molar-refractivity contribution >= 4 is 22.4 Å². The Hall–Kier alpha value is -1.90. The van der Waals surface area contributed by atoms with Gasteiger partial charge in [-0.05, 0) is 31.9 Å². The van der Waals surface area contributed by atoms with Gasteiger partial charge in [-0.2, -0.15) is 0 Å². The molecule has 0 bridgehead atoms. The second-order valence-corrected chi connectivity index (χ2v) is 6.20. The molecule has 0 spiro atoms. The minimum Gasteiger partial charge on any atom is -0.376 e. The summed E-state index contributed by atoms with van der Waals surface area (Å²) in [7, 11) is 0. The predicted octanol–water partition coefficient (Wildman–Crippen LogP) is 2.12. The lowest BCUT2D eigenvalue weighted by atomic mass is 10.2. The number of anilines is 1. The topological polar surface area (TPSA) is 86.2 Å². The summed E-state index contributed by atoms with van der Waals surface area (Å²) in [6.45, 7) is 2.92. The summed E-state index contributed by atoms with van der Waals surface area (Å²) in [5.74, 6) is -0.244. The minimum absolute atomic E-state index is 0.0996. The summed E-state index contributed by atoms with van der Waals surface area (Å²) >= 11 is 1.28. The van der Waals surface area contributed by atoms with Crippen LogP contribution in [0.1, 0.15) is 19.8 Å². The van der Waals surface area contributed by atoms with Crippen LogP contribution in [-0.2, 0) is 14.3 Å². The van der Waals surface area contributed by atoms with Crippen molar-refractivity contribution in [1.29, 1.82) is 0 Å². The van der Waals surface area contributed by atoms with Crippen LogP contribution in [0, 0.1) is 0 Å².